The van der Waals surface area contributed by atoms with Crippen molar-refractivity contribution >= 4 is 0 Å². The molecule has 1 fully saturated rings. The first kappa shape index (κ1) is 8.72. The van der Waals surface area contributed by atoms with Gasteiger partial charge in [-0.2, -0.15) is 5.10 Å². The number of nitrogens with zero attached hydrogens (tertiary/aromatic N) is 2. The van der Waals surface area contributed by atoms with E-state index < -0.39 is 0 Å². The summed E-state index contributed by atoms with van der Waals surface area (Å²) in [5.41, 5.74) is 1.27. The summed E-state index contributed by atoms with van der Waals surface area (Å²) in [6.07, 6.45) is 3.07. The van der Waals surface area contributed by atoms with E-state index in [4.69, 9.17) is 0 Å². The lowest BCUT2D eigenvalue weighted by Gasteiger charge is -2.12. The molecule has 4 heteroatoms. The molecule has 1 aliphatic rings. The first-order valence-corrected chi connectivity index (χ1v) is 4.79. The third-order valence-electron chi connectivity index (χ3n) is 2.49. The van der Waals surface area contributed by atoms with E-state index in [2.05, 4.69) is 26.5 Å². The van der Waals surface area contributed by atoms with Crippen LogP contribution >= 0.6 is 0 Å². The Balaban J connectivity index is 2.13. The summed E-state index contributed by atoms with van der Waals surface area (Å²) in [6, 6.07) is 2.63. The van der Waals surface area contributed by atoms with Crippen molar-refractivity contribution in [2.45, 2.75) is 19.0 Å². The Morgan fingerprint density at radius 3 is 3.38 bits per heavy atom. The van der Waals surface area contributed by atoms with Crippen LogP contribution in [0.1, 0.15) is 18.2 Å². The monoisotopic (exact) mass is 180 g/mol. The second-order valence-electron chi connectivity index (χ2n) is 3.44. The van der Waals surface area contributed by atoms with Crippen molar-refractivity contribution in [3.05, 3.63) is 18.0 Å². The predicted octanol–water partition coefficient (Wildman–Crippen LogP) is 0.137. The Bertz CT molecular complexity index is 262. The van der Waals surface area contributed by atoms with Gasteiger partial charge in [-0.15, -0.1) is 0 Å². The molecule has 1 unspecified atom stereocenters. The molecule has 0 aromatic carbocycles. The third kappa shape index (κ3) is 1.73. The molecule has 2 N–H and O–H groups in total. The van der Waals surface area contributed by atoms with Gasteiger partial charge in [0.2, 0.25) is 0 Å². The first-order valence-electron chi connectivity index (χ1n) is 4.79. The van der Waals surface area contributed by atoms with Crippen molar-refractivity contribution in [2.75, 3.05) is 20.1 Å². The minimum atomic E-state index is 0.554. The van der Waals surface area contributed by atoms with Crippen LogP contribution in [0.3, 0.4) is 0 Å². The van der Waals surface area contributed by atoms with Gasteiger partial charge in [0.05, 0.1) is 11.7 Å². The summed E-state index contributed by atoms with van der Waals surface area (Å²) < 4.78 is 2.14. The van der Waals surface area contributed by atoms with Gasteiger partial charge in [0.1, 0.15) is 0 Å². The maximum Gasteiger partial charge on any atom is 0.0659 e. The largest absolute Gasteiger partial charge is 0.315 e. The molecule has 1 aromatic heterocycles. The van der Waals surface area contributed by atoms with Crippen LogP contribution in [0.4, 0.5) is 0 Å². The molecule has 1 aliphatic heterocycles. The molecule has 72 valence electrons. The number of aromatic nitrogens is 2. The fourth-order valence-electron chi connectivity index (χ4n) is 1.84. The van der Waals surface area contributed by atoms with Gasteiger partial charge in [0.25, 0.3) is 0 Å². The molecule has 0 saturated carbocycles. The Hall–Kier alpha value is -0.870. The number of hydrogen-bond donors (Lipinski definition) is 2. The quantitative estimate of drug-likeness (QED) is 0.695. The first-order chi connectivity index (χ1) is 6.42. The Kier molecular flexibility index (Phi) is 2.61. The molecule has 2 heterocycles. The van der Waals surface area contributed by atoms with Gasteiger partial charge in [0.15, 0.2) is 0 Å². The minimum Gasteiger partial charge on any atom is -0.315 e. The average Bonchev–Trinajstić information content (AvgIpc) is 2.71. The number of nitrogens with one attached hydrogen (secondary N) is 2. The van der Waals surface area contributed by atoms with Gasteiger partial charge < -0.3 is 10.6 Å². The fourth-order valence-corrected chi connectivity index (χ4v) is 1.84. The second-order valence-corrected chi connectivity index (χ2v) is 3.44. The van der Waals surface area contributed by atoms with Gasteiger partial charge in [-0.3, -0.25) is 4.68 Å². The second kappa shape index (κ2) is 3.89. The molecule has 1 saturated heterocycles. The third-order valence-corrected chi connectivity index (χ3v) is 2.49. The molecular formula is C9H16N4. The lowest BCUT2D eigenvalue weighted by atomic mass is 10.2. The van der Waals surface area contributed by atoms with Crippen LogP contribution < -0.4 is 10.6 Å². The highest BCUT2D eigenvalue weighted by Gasteiger charge is 2.18. The van der Waals surface area contributed by atoms with E-state index >= 15 is 0 Å². The fraction of sp³-hybridized carbons (Fsp3) is 0.667. The highest BCUT2D eigenvalue weighted by Crippen LogP contribution is 2.15. The van der Waals surface area contributed by atoms with Crippen LogP contribution in [0.5, 0.6) is 0 Å². The van der Waals surface area contributed by atoms with Crippen molar-refractivity contribution < 1.29 is 0 Å². The topological polar surface area (TPSA) is 41.9 Å². The summed E-state index contributed by atoms with van der Waals surface area (Å²) >= 11 is 0. The van der Waals surface area contributed by atoms with E-state index in [0.717, 1.165) is 19.6 Å². The normalized spacial score (nSPS) is 22.4. The molecule has 2 rings (SSSR count). The van der Waals surface area contributed by atoms with Crippen molar-refractivity contribution in [3.63, 3.8) is 0 Å². The zero-order chi connectivity index (χ0) is 9.10. The van der Waals surface area contributed by atoms with Crippen molar-refractivity contribution in [1.29, 1.82) is 0 Å². The number of rotatable bonds is 3. The lowest BCUT2D eigenvalue weighted by Crippen LogP contribution is -2.19. The smallest absolute Gasteiger partial charge is 0.0659 e. The SMILES string of the molecule is CNCc1ccnn1C1CCNC1. The van der Waals surface area contributed by atoms with Crippen molar-refractivity contribution in [2.24, 2.45) is 0 Å². The standard InChI is InChI=1S/C9H16N4/c1-10-6-8-3-5-12-13(8)9-2-4-11-7-9/h3,5,9-11H,2,4,6-7H2,1H3. The van der Waals surface area contributed by atoms with E-state index in [9.17, 15) is 0 Å². The summed E-state index contributed by atoms with van der Waals surface area (Å²) in [5, 5.41) is 10.9. The highest BCUT2D eigenvalue weighted by atomic mass is 15.3. The van der Waals surface area contributed by atoms with E-state index in [1.807, 2.05) is 13.2 Å². The summed E-state index contributed by atoms with van der Waals surface area (Å²) in [7, 11) is 1.96. The molecule has 0 radical (unpaired) electrons. The predicted molar refractivity (Wildman–Crippen MR) is 51.5 cm³/mol. The van der Waals surface area contributed by atoms with Gasteiger partial charge in [0, 0.05) is 19.3 Å². The number of hydrogen-bond acceptors (Lipinski definition) is 3. The summed E-state index contributed by atoms with van der Waals surface area (Å²) in [6.45, 7) is 3.07. The summed E-state index contributed by atoms with van der Waals surface area (Å²) in [4.78, 5) is 0. The molecule has 0 spiro atoms. The molecular weight excluding hydrogens is 164 g/mol. The minimum absolute atomic E-state index is 0.554. The van der Waals surface area contributed by atoms with Gasteiger partial charge in [-0.1, -0.05) is 0 Å². The molecule has 0 bridgehead atoms. The van der Waals surface area contributed by atoms with Gasteiger partial charge in [-0.05, 0) is 26.1 Å². The average molecular weight is 180 g/mol. The Morgan fingerprint density at radius 1 is 1.77 bits per heavy atom. The Labute approximate surface area is 78.3 Å². The van der Waals surface area contributed by atoms with Crippen molar-refractivity contribution in [3.8, 4) is 0 Å². The lowest BCUT2D eigenvalue weighted by molar-refractivity contribution is 0.466. The van der Waals surface area contributed by atoms with Crippen LogP contribution in [0.25, 0.3) is 0 Å². The van der Waals surface area contributed by atoms with Crippen LogP contribution in [0, 0.1) is 0 Å². The molecule has 0 amide bonds. The molecule has 13 heavy (non-hydrogen) atoms. The molecule has 1 atom stereocenters. The van der Waals surface area contributed by atoms with E-state index in [-0.39, 0.29) is 0 Å². The Morgan fingerprint density at radius 2 is 2.69 bits per heavy atom. The van der Waals surface area contributed by atoms with E-state index in [0.29, 0.717) is 6.04 Å². The van der Waals surface area contributed by atoms with Crippen LogP contribution in [0.2, 0.25) is 0 Å². The van der Waals surface area contributed by atoms with E-state index in [1.165, 1.54) is 12.1 Å². The molecule has 1 aromatic rings. The highest BCUT2D eigenvalue weighted by molar-refractivity contribution is 5.02. The summed E-state index contributed by atoms with van der Waals surface area (Å²) in [5.74, 6) is 0. The maximum atomic E-state index is 4.35. The molecule has 4 nitrogen and oxygen atoms in total. The van der Waals surface area contributed by atoms with Crippen LogP contribution in [-0.2, 0) is 6.54 Å². The van der Waals surface area contributed by atoms with E-state index in [1.54, 1.807) is 0 Å². The zero-order valence-corrected chi connectivity index (χ0v) is 7.95. The van der Waals surface area contributed by atoms with Gasteiger partial charge in [-0.25, -0.2) is 0 Å². The van der Waals surface area contributed by atoms with Crippen molar-refractivity contribution in [1.82, 2.24) is 20.4 Å². The maximum absolute atomic E-state index is 4.35. The van der Waals surface area contributed by atoms with Gasteiger partial charge >= 0.3 is 0 Å². The van der Waals surface area contributed by atoms with Crippen LogP contribution in [-0.4, -0.2) is 29.9 Å². The van der Waals surface area contributed by atoms with Crippen LogP contribution in [0.15, 0.2) is 12.3 Å². The molecule has 0 aliphatic carbocycles. The zero-order valence-electron chi connectivity index (χ0n) is 7.95.